The van der Waals surface area contributed by atoms with Gasteiger partial charge in [0.15, 0.2) is 0 Å². The SMILES string of the molecule is Cl.NCC1CCC(C(=O)N[C@@H](Cc2ccc(-c3ccc(N4CCNCC4)cc3)cc2)C(=O)Nc2ccc(-c3nn[nH]n3)cc2)CC1. The second-order valence-corrected chi connectivity index (χ2v) is 12.0. The number of rotatable bonds is 10. The van der Waals surface area contributed by atoms with E-state index < -0.39 is 6.04 Å². The van der Waals surface area contributed by atoms with E-state index in [4.69, 9.17) is 5.73 Å². The van der Waals surface area contributed by atoms with Crippen LogP contribution in [0.3, 0.4) is 0 Å². The third-order valence-corrected chi connectivity index (χ3v) is 9.02. The lowest BCUT2D eigenvalue weighted by Gasteiger charge is -2.29. The fraction of sp³-hybridized carbons (Fsp3) is 0.382. The van der Waals surface area contributed by atoms with Gasteiger partial charge in [0, 0.05) is 55.5 Å². The van der Waals surface area contributed by atoms with Crippen molar-refractivity contribution in [3.63, 3.8) is 0 Å². The summed E-state index contributed by atoms with van der Waals surface area (Å²) in [5, 5.41) is 23.5. The maximum Gasteiger partial charge on any atom is 0.247 e. The van der Waals surface area contributed by atoms with E-state index in [1.807, 2.05) is 24.3 Å². The van der Waals surface area contributed by atoms with E-state index in [9.17, 15) is 9.59 Å². The van der Waals surface area contributed by atoms with E-state index in [0.717, 1.165) is 74.1 Å². The van der Waals surface area contributed by atoms with Crippen molar-refractivity contribution >= 4 is 35.6 Å². The van der Waals surface area contributed by atoms with Gasteiger partial charge in [-0.15, -0.1) is 22.6 Å². The van der Waals surface area contributed by atoms with Crippen LogP contribution in [0.4, 0.5) is 11.4 Å². The molecule has 2 heterocycles. The number of anilines is 2. The van der Waals surface area contributed by atoms with Crippen LogP contribution in [0.5, 0.6) is 0 Å². The number of H-pyrrole nitrogens is 1. The standard InChI is InChI=1S/C34H41N9O2.ClH/c35-22-24-3-7-28(8-4-24)33(44)38-31(34(45)37-29-13-9-27(10-14-29)32-39-41-42-40-32)21-23-1-5-25(6-2-23)26-11-15-30(16-12-26)43-19-17-36-18-20-43;/h1-2,5-6,9-16,24,28,31,36H,3-4,7-8,17-22,35H2,(H,37,45)(H,38,44)(H,39,40,41,42);1H/t24?,28?,31-;/m0./s1. The molecule has 6 N–H and O–H groups in total. The van der Waals surface area contributed by atoms with Gasteiger partial charge in [0.25, 0.3) is 0 Å². The molecule has 1 aromatic heterocycles. The van der Waals surface area contributed by atoms with Gasteiger partial charge in [0.05, 0.1) is 0 Å². The molecule has 0 bridgehead atoms. The summed E-state index contributed by atoms with van der Waals surface area (Å²) in [4.78, 5) is 29.4. The molecule has 2 aliphatic rings. The molecule has 1 atom stereocenters. The summed E-state index contributed by atoms with van der Waals surface area (Å²) in [6.45, 7) is 4.69. The Morgan fingerprint density at radius 3 is 2.11 bits per heavy atom. The number of nitrogens with two attached hydrogens (primary N) is 1. The molecule has 0 radical (unpaired) electrons. The van der Waals surface area contributed by atoms with Crippen molar-refractivity contribution in [1.82, 2.24) is 31.3 Å². The Labute approximate surface area is 275 Å². The number of halogens is 1. The Bertz CT molecular complexity index is 1530. The molecule has 3 aromatic carbocycles. The Balaban J connectivity index is 0.00000417. The Morgan fingerprint density at radius 1 is 0.870 bits per heavy atom. The van der Waals surface area contributed by atoms with Crippen LogP contribution >= 0.6 is 12.4 Å². The van der Waals surface area contributed by atoms with Gasteiger partial charge in [-0.1, -0.05) is 36.4 Å². The molecule has 11 nitrogen and oxygen atoms in total. The number of benzene rings is 3. The minimum Gasteiger partial charge on any atom is -0.369 e. The van der Waals surface area contributed by atoms with Crippen molar-refractivity contribution < 1.29 is 9.59 Å². The molecular weight excluding hydrogens is 602 g/mol. The second-order valence-electron chi connectivity index (χ2n) is 12.0. The average molecular weight is 644 g/mol. The Kier molecular flexibility index (Phi) is 11.4. The first-order chi connectivity index (χ1) is 22.1. The Hall–Kier alpha value is -4.32. The molecule has 2 fully saturated rings. The normalized spacial score (nSPS) is 18.7. The fourth-order valence-electron chi connectivity index (χ4n) is 6.23. The molecule has 12 heteroatoms. The number of hydrogen-bond donors (Lipinski definition) is 5. The topological polar surface area (TPSA) is 154 Å². The maximum absolute atomic E-state index is 13.6. The van der Waals surface area contributed by atoms with E-state index in [1.54, 1.807) is 12.1 Å². The van der Waals surface area contributed by atoms with Crippen LogP contribution in [0.25, 0.3) is 22.5 Å². The van der Waals surface area contributed by atoms with E-state index in [0.29, 0.717) is 30.4 Å². The van der Waals surface area contributed by atoms with Crippen molar-refractivity contribution in [3.05, 3.63) is 78.4 Å². The number of aromatic amines is 1. The van der Waals surface area contributed by atoms with Gasteiger partial charge in [0.1, 0.15) is 6.04 Å². The lowest BCUT2D eigenvalue weighted by molar-refractivity contribution is -0.130. The van der Waals surface area contributed by atoms with Crippen LogP contribution in [0.1, 0.15) is 31.2 Å². The molecular formula is C34H42ClN9O2. The van der Waals surface area contributed by atoms with Crippen molar-refractivity contribution in [1.29, 1.82) is 0 Å². The summed E-state index contributed by atoms with van der Waals surface area (Å²) in [5.41, 5.74) is 11.7. The van der Waals surface area contributed by atoms with Gasteiger partial charge in [-0.3, -0.25) is 9.59 Å². The van der Waals surface area contributed by atoms with E-state index >= 15 is 0 Å². The first-order valence-corrected chi connectivity index (χ1v) is 15.9. The predicted molar refractivity (Wildman–Crippen MR) is 183 cm³/mol. The summed E-state index contributed by atoms with van der Waals surface area (Å²) >= 11 is 0. The summed E-state index contributed by atoms with van der Waals surface area (Å²) in [6.07, 6.45) is 3.84. The van der Waals surface area contributed by atoms with Crippen molar-refractivity contribution in [2.45, 2.75) is 38.1 Å². The van der Waals surface area contributed by atoms with E-state index in [1.165, 1.54) is 5.69 Å². The third kappa shape index (κ3) is 8.28. The molecule has 46 heavy (non-hydrogen) atoms. The first kappa shape index (κ1) is 33.1. The molecule has 6 rings (SSSR count). The summed E-state index contributed by atoms with van der Waals surface area (Å²) < 4.78 is 0. The molecule has 4 aromatic rings. The lowest BCUT2D eigenvalue weighted by atomic mass is 9.81. The number of hydrogen-bond acceptors (Lipinski definition) is 8. The van der Waals surface area contributed by atoms with Crippen LogP contribution in [0.15, 0.2) is 72.8 Å². The number of nitrogens with zero attached hydrogens (tertiary/aromatic N) is 4. The molecule has 2 amide bonds. The van der Waals surface area contributed by atoms with Crippen molar-refractivity contribution in [3.8, 4) is 22.5 Å². The zero-order valence-corrected chi connectivity index (χ0v) is 26.6. The second kappa shape index (κ2) is 15.8. The molecule has 0 spiro atoms. The van der Waals surface area contributed by atoms with Gasteiger partial charge in [-0.25, -0.2) is 0 Å². The smallest absolute Gasteiger partial charge is 0.247 e. The highest BCUT2D eigenvalue weighted by molar-refractivity contribution is 5.97. The number of amides is 2. The van der Waals surface area contributed by atoms with Gasteiger partial charge < -0.3 is 26.6 Å². The highest BCUT2D eigenvalue weighted by Crippen LogP contribution is 2.29. The number of carbonyl (C=O) groups is 2. The summed E-state index contributed by atoms with van der Waals surface area (Å²) in [6, 6.07) is 23.4. The number of aromatic nitrogens is 4. The van der Waals surface area contributed by atoms with Crippen molar-refractivity contribution in [2.75, 3.05) is 42.9 Å². The summed E-state index contributed by atoms with van der Waals surface area (Å²) in [7, 11) is 0. The Morgan fingerprint density at radius 2 is 1.50 bits per heavy atom. The van der Waals surface area contributed by atoms with Gasteiger partial charge >= 0.3 is 0 Å². The van der Waals surface area contributed by atoms with Crippen LogP contribution in [-0.4, -0.2) is 71.2 Å². The van der Waals surface area contributed by atoms with Crippen LogP contribution in [0, 0.1) is 11.8 Å². The highest BCUT2D eigenvalue weighted by Gasteiger charge is 2.29. The lowest BCUT2D eigenvalue weighted by Crippen LogP contribution is -2.48. The maximum atomic E-state index is 13.6. The van der Waals surface area contributed by atoms with Gasteiger partial charge in [-0.05, 0) is 96.4 Å². The zero-order chi connectivity index (χ0) is 31.0. The fourth-order valence-corrected chi connectivity index (χ4v) is 6.23. The molecule has 1 aliphatic heterocycles. The predicted octanol–water partition coefficient (Wildman–Crippen LogP) is 3.80. The molecule has 1 aliphatic carbocycles. The number of nitrogens with one attached hydrogen (secondary N) is 4. The van der Waals surface area contributed by atoms with Crippen LogP contribution in [-0.2, 0) is 16.0 Å². The van der Waals surface area contributed by atoms with Crippen molar-refractivity contribution in [2.24, 2.45) is 17.6 Å². The average Bonchev–Trinajstić information content (AvgIpc) is 3.64. The van der Waals surface area contributed by atoms with Gasteiger partial charge in [-0.2, -0.15) is 5.21 Å². The quantitative estimate of drug-likeness (QED) is 0.175. The van der Waals surface area contributed by atoms with E-state index in [2.05, 4.69) is 77.9 Å². The number of carbonyl (C=O) groups excluding carboxylic acids is 2. The molecule has 0 unspecified atom stereocenters. The summed E-state index contributed by atoms with van der Waals surface area (Å²) in [5.74, 6) is 0.503. The number of tetrazole rings is 1. The van der Waals surface area contributed by atoms with Gasteiger partial charge in [0.2, 0.25) is 17.6 Å². The highest BCUT2D eigenvalue weighted by atomic mass is 35.5. The third-order valence-electron chi connectivity index (χ3n) is 9.02. The van der Waals surface area contributed by atoms with E-state index in [-0.39, 0.29) is 30.1 Å². The largest absolute Gasteiger partial charge is 0.369 e. The molecule has 1 saturated carbocycles. The minimum atomic E-state index is -0.731. The van der Waals surface area contributed by atoms with Crippen LogP contribution in [0.2, 0.25) is 0 Å². The monoisotopic (exact) mass is 643 g/mol. The zero-order valence-electron chi connectivity index (χ0n) is 25.8. The molecule has 242 valence electrons. The molecule has 1 saturated heterocycles. The number of piperazine rings is 1. The minimum absolute atomic E-state index is 0. The first-order valence-electron chi connectivity index (χ1n) is 15.9. The van der Waals surface area contributed by atoms with Crippen LogP contribution < -0.4 is 26.6 Å².